The van der Waals surface area contributed by atoms with Crippen molar-refractivity contribution in [2.45, 2.75) is 19.4 Å². The molecule has 0 saturated carbocycles. The molecular formula is C31H23N3O3. The summed E-state index contributed by atoms with van der Waals surface area (Å²) in [5.41, 5.74) is 3.71. The third-order valence-corrected chi connectivity index (χ3v) is 6.86. The Hall–Kier alpha value is -4.84. The summed E-state index contributed by atoms with van der Waals surface area (Å²) in [5.74, 6) is -0.394. The van der Waals surface area contributed by atoms with Crippen molar-refractivity contribution in [2.24, 2.45) is 0 Å². The Morgan fingerprint density at radius 3 is 1.89 bits per heavy atom. The number of aromatic nitrogens is 2. The summed E-state index contributed by atoms with van der Waals surface area (Å²) in [6.07, 6.45) is 0.401. The van der Waals surface area contributed by atoms with Crippen molar-refractivity contribution in [3.05, 3.63) is 130 Å². The second-order valence-electron chi connectivity index (χ2n) is 8.99. The molecule has 6 nitrogen and oxygen atoms in total. The lowest BCUT2D eigenvalue weighted by Gasteiger charge is -2.27. The normalized spacial score (nSPS) is 13.7. The monoisotopic (exact) mass is 485 g/mol. The fourth-order valence-corrected chi connectivity index (χ4v) is 5.03. The molecule has 180 valence electrons. The summed E-state index contributed by atoms with van der Waals surface area (Å²) >= 11 is 0. The molecule has 0 N–H and O–H groups in total. The van der Waals surface area contributed by atoms with Gasteiger partial charge in [-0.15, -0.1) is 0 Å². The third kappa shape index (κ3) is 3.65. The highest BCUT2D eigenvalue weighted by molar-refractivity contribution is 6.21. The summed E-state index contributed by atoms with van der Waals surface area (Å²) in [6.45, 7) is 1.89. The van der Waals surface area contributed by atoms with E-state index in [-0.39, 0.29) is 17.4 Å². The molecule has 0 unspecified atom stereocenters. The Morgan fingerprint density at radius 2 is 1.24 bits per heavy atom. The Kier molecular flexibility index (Phi) is 5.49. The predicted molar refractivity (Wildman–Crippen MR) is 143 cm³/mol. The molecule has 0 radical (unpaired) electrons. The van der Waals surface area contributed by atoms with Crippen LogP contribution in [0.5, 0.6) is 0 Å². The van der Waals surface area contributed by atoms with E-state index in [1.54, 1.807) is 42.5 Å². The van der Waals surface area contributed by atoms with Crippen LogP contribution in [0.25, 0.3) is 27.7 Å². The fraction of sp³-hybridized carbons (Fsp3) is 0.0968. The first-order chi connectivity index (χ1) is 18.1. The molecule has 2 amide bonds. The van der Waals surface area contributed by atoms with Gasteiger partial charge in [0.25, 0.3) is 17.4 Å². The minimum absolute atomic E-state index is 0.247. The minimum atomic E-state index is -0.724. The topological polar surface area (TPSA) is 72.3 Å². The molecule has 1 atom stereocenters. The van der Waals surface area contributed by atoms with Gasteiger partial charge >= 0.3 is 0 Å². The number of carbonyl (C=O) groups excluding carboxylic acids is 2. The summed E-state index contributed by atoms with van der Waals surface area (Å²) in [5, 5.41) is 0.468. The van der Waals surface area contributed by atoms with E-state index in [4.69, 9.17) is 4.98 Å². The molecule has 1 aliphatic heterocycles. The largest absolute Gasteiger partial charge is 0.269 e. The van der Waals surface area contributed by atoms with Gasteiger partial charge in [0.05, 0.1) is 33.8 Å². The first kappa shape index (κ1) is 22.6. The highest BCUT2D eigenvalue weighted by atomic mass is 16.2. The molecule has 0 fully saturated rings. The van der Waals surface area contributed by atoms with E-state index >= 15 is 0 Å². The van der Waals surface area contributed by atoms with Gasteiger partial charge in [-0.25, -0.2) is 4.98 Å². The van der Waals surface area contributed by atoms with Gasteiger partial charge in [-0.2, -0.15) is 0 Å². The second kappa shape index (κ2) is 8.99. The number of nitrogens with zero attached hydrogens (tertiary/aromatic N) is 3. The van der Waals surface area contributed by atoms with Gasteiger partial charge in [0.2, 0.25) is 0 Å². The van der Waals surface area contributed by atoms with Crippen LogP contribution in [0.15, 0.2) is 108 Å². The molecule has 2 heterocycles. The lowest BCUT2D eigenvalue weighted by molar-refractivity contribution is 0.0568. The van der Waals surface area contributed by atoms with Crippen LogP contribution in [0.2, 0.25) is 0 Å². The molecule has 6 rings (SSSR count). The Morgan fingerprint density at radius 1 is 0.676 bits per heavy atom. The first-order valence-electron chi connectivity index (χ1n) is 12.2. The molecule has 0 aliphatic carbocycles. The molecule has 0 spiro atoms. The number of amides is 2. The van der Waals surface area contributed by atoms with Crippen molar-refractivity contribution in [2.75, 3.05) is 0 Å². The highest BCUT2D eigenvalue weighted by Gasteiger charge is 2.41. The molecule has 1 aliphatic rings. The van der Waals surface area contributed by atoms with Gasteiger partial charge < -0.3 is 0 Å². The summed E-state index contributed by atoms with van der Waals surface area (Å²) < 4.78 is 1.54. The smallest absolute Gasteiger partial charge is 0.266 e. The van der Waals surface area contributed by atoms with Crippen molar-refractivity contribution >= 4 is 22.7 Å². The van der Waals surface area contributed by atoms with E-state index in [9.17, 15) is 14.4 Å². The molecule has 37 heavy (non-hydrogen) atoms. The van der Waals surface area contributed by atoms with Crippen LogP contribution in [0.4, 0.5) is 0 Å². The van der Waals surface area contributed by atoms with Crippen LogP contribution in [0.3, 0.4) is 0 Å². The predicted octanol–water partition coefficient (Wildman–Crippen LogP) is 5.80. The maximum Gasteiger partial charge on any atom is 0.266 e. The van der Waals surface area contributed by atoms with E-state index in [0.717, 1.165) is 11.1 Å². The van der Waals surface area contributed by atoms with Crippen LogP contribution in [-0.2, 0) is 0 Å². The summed E-state index contributed by atoms with van der Waals surface area (Å²) in [7, 11) is 0. The number of benzene rings is 4. The van der Waals surface area contributed by atoms with Crippen LogP contribution in [0.1, 0.15) is 45.9 Å². The van der Waals surface area contributed by atoms with E-state index in [1.807, 2.05) is 67.6 Å². The van der Waals surface area contributed by atoms with E-state index in [1.165, 1.54) is 9.47 Å². The molecule has 0 saturated heterocycles. The third-order valence-electron chi connectivity index (χ3n) is 6.86. The van der Waals surface area contributed by atoms with E-state index in [2.05, 4.69) is 0 Å². The van der Waals surface area contributed by atoms with Crippen molar-refractivity contribution in [3.8, 4) is 16.8 Å². The van der Waals surface area contributed by atoms with Crippen molar-refractivity contribution in [1.29, 1.82) is 0 Å². The summed E-state index contributed by atoms with van der Waals surface area (Å²) in [4.78, 5) is 46.7. The number of hydrogen-bond acceptors (Lipinski definition) is 4. The van der Waals surface area contributed by atoms with Crippen LogP contribution in [0, 0.1) is 0 Å². The number of hydrogen-bond donors (Lipinski definition) is 0. The van der Waals surface area contributed by atoms with Crippen molar-refractivity contribution < 1.29 is 9.59 Å². The number of carbonyl (C=O) groups is 2. The molecule has 0 bridgehead atoms. The van der Waals surface area contributed by atoms with Gasteiger partial charge in [0, 0.05) is 0 Å². The SMILES string of the molecule is CC[C@H](c1nc2ccccc2c(=O)n1-c1ccc(-c2ccccc2)cc1)N1C(=O)c2ccccc2C1=O. The number of fused-ring (bicyclic) bond motifs is 2. The lowest BCUT2D eigenvalue weighted by Crippen LogP contribution is -2.38. The van der Waals surface area contributed by atoms with Gasteiger partial charge in [-0.05, 0) is 53.9 Å². The van der Waals surface area contributed by atoms with Gasteiger partial charge in [0.15, 0.2) is 0 Å². The average molecular weight is 486 g/mol. The van der Waals surface area contributed by atoms with Gasteiger partial charge in [0.1, 0.15) is 5.82 Å². The number of para-hydroxylation sites is 1. The number of imide groups is 1. The van der Waals surface area contributed by atoms with Crippen LogP contribution >= 0.6 is 0 Å². The Balaban J connectivity index is 1.54. The second-order valence-corrected chi connectivity index (χ2v) is 8.99. The lowest BCUT2D eigenvalue weighted by atomic mass is 10.1. The summed E-state index contributed by atoms with van der Waals surface area (Å²) in [6, 6.07) is 30.9. The quantitative estimate of drug-likeness (QED) is 0.295. The zero-order valence-corrected chi connectivity index (χ0v) is 20.2. The zero-order valence-electron chi connectivity index (χ0n) is 20.2. The highest BCUT2D eigenvalue weighted by Crippen LogP contribution is 2.34. The Labute approximate surface area is 213 Å². The molecule has 6 heteroatoms. The molecular weight excluding hydrogens is 462 g/mol. The number of rotatable bonds is 5. The van der Waals surface area contributed by atoms with Crippen molar-refractivity contribution in [1.82, 2.24) is 14.5 Å². The van der Waals surface area contributed by atoms with E-state index in [0.29, 0.717) is 40.0 Å². The molecule has 5 aromatic rings. The first-order valence-corrected chi connectivity index (χ1v) is 12.2. The molecule has 1 aromatic heterocycles. The average Bonchev–Trinajstić information content (AvgIpc) is 3.20. The van der Waals surface area contributed by atoms with Crippen molar-refractivity contribution in [3.63, 3.8) is 0 Å². The maximum atomic E-state index is 13.9. The minimum Gasteiger partial charge on any atom is -0.269 e. The van der Waals surface area contributed by atoms with Crippen LogP contribution in [-0.4, -0.2) is 26.3 Å². The Bertz CT molecular complexity index is 1690. The van der Waals surface area contributed by atoms with E-state index < -0.39 is 6.04 Å². The van der Waals surface area contributed by atoms with Crippen LogP contribution < -0.4 is 5.56 Å². The van der Waals surface area contributed by atoms with Gasteiger partial charge in [-0.1, -0.05) is 73.7 Å². The fourth-order valence-electron chi connectivity index (χ4n) is 5.03. The van der Waals surface area contributed by atoms with Gasteiger partial charge in [-0.3, -0.25) is 23.9 Å². The zero-order chi connectivity index (χ0) is 25.5. The maximum absolute atomic E-state index is 13.9. The standard InChI is InChI=1S/C31H23N3O3/c1-2-27(34-29(35)23-12-6-7-13-24(23)30(34)36)28-32-26-15-9-8-14-25(26)31(37)33(28)22-18-16-21(17-19-22)20-10-4-3-5-11-20/h3-19,27H,2H2,1H3/t27-/m1/s1. The molecule has 4 aromatic carbocycles.